The highest BCUT2D eigenvalue weighted by molar-refractivity contribution is 5.94. The van der Waals surface area contributed by atoms with E-state index in [-0.39, 0.29) is 11.9 Å². The van der Waals surface area contributed by atoms with Crippen molar-refractivity contribution in [3.05, 3.63) is 35.4 Å². The van der Waals surface area contributed by atoms with Gasteiger partial charge in [-0.15, -0.1) is 0 Å². The average Bonchev–Trinajstić information content (AvgIpc) is 2.62. The predicted molar refractivity (Wildman–Crippen MR) is 90.3 cm³/mol. The highest BCUT2D eigenvalue weighted by Gasteiger charge is 2.26. The Kier molecular flexibility index (Phi) is 5.65. The van der Waals surface area contributed by atoms with E-state index in [2.05, 4.69) is 11.0 Å². The summed E-state index contributed by atoms with van der Waals surface area (Å²) in [4.78, 5) is 17.2. The first-order valence-electron chi connectivity index (χ1n) is 8.68. The maximum Gasteiger partial charge on any atom is 0.254 e. The van der Waals surface area contributed by atoms with Crippen molar-refractivity contribution >= 4 is 5.91 Å². The van der Waals surface area contributed by atoms with Crippen LogP contribution in [0.15, 0.2) is 24.3 Å². The number of rotatable bonds is 4. The summed E-state index contributed by atoms with van der Waals surface area (Å²) in [5, 5.41) is 0. The second kappa shape index (κ2) is 7.90. The van der Waals surface area contributed by atoms with Crippen molar-refractivity contribution in [2.75, 3.05) is 39.4 Å². The van der Waals surface area contributed by atoms with Gasteiger partial charge in [-0.05, 0) is 37.0 Å². The van der Waals surface area contributed by atoms with Gasteiger partial charge in [0.05, 0.1) is 13.2 Å². The number of benzene rings is 1. The van der Waals surface area contributed by atoms with Crippen LogP contribution in [-0.2, 0) is 11.3 Å². The Bertz CT molecular complexity index is 529. The number of likely N-dealkylation sites (tertiary alicyclic amines) is 1. The molecular formula is C18H27N3O2. The molecule has 5 nitrogen and oxygen atoms in total. The first-order valence-corrected chi connectivity index (χ1v) is 8.68. The van der Waals surface area contributed by atoms with E-state index in [1.54, 1.807) is 0 Å². The summed E-state index contributed by atoms with van der Waals surface area (Å²) in [7, 11) is 0. The molecule has 1 atom stereocenters. The molecule has 1 amide bonds. The minimum atomic E-state index is 0.129. The van der Waals surface area contributed by atoms with E-state index in [9.17, 15) is 4.79 Å². The van der Waals surface area contributed by atoms with Crippen LogP contribution in [0.1, 0.15) is 35.2 Å². The number of nitrogens with two attached hydrogens (primary N) is 1. The Labute approximate surface area is 138 Å². The van der Waals surface area contributed by atoms with Crippen molar-refractivity contribution in [1.82, 2.24) is 9.80 Å². The largest absolute Gasteiger partial charge is 0.379 e. The number of nitrogens with zero attached hydrogens (tertiary/aromatic N) is 2. The van der Waals surface area contributed by atoms with Crippen LogP contribution in [0.25, 0.3) is 0 Å². The van der Waals surface area contributed by atoms with E-state index < -0.39 is 0 Å². The number of piperidine rings is 1. The van der Waals surface area contributed by atoms with Crippen LogP contribution >= 0.6 is 0 Å². The van der Waals surface area contributed by atoms with E-state index in [1.807, 2.05) is 23.1 Å². The molecule has 2 aliphatic heterocycles. The van der Waals surface area contributed by atoms with Gasteiger partial charge in [0.25, 0.3) is 5.91 Å². The van der Waals surface area contributed by atoms with Crippen LogP contribution in [0.3, 0.4) is 0 Å². The lowest BCUT2D eigenvalue weighted by molar-refractivity contribution is 0.0341. The van der Waals surface area contributed by atoms with Crippen molar-refractivity contribution in [3.63, 3.8) is 0 Å². The summed E-state index contributed by atoms with van der Waals surface area (Å²) < 4.78 is 5.39. The van der Waals surface area contributed by atoms with Crippen LogP contribution < -0.4 is 5.73 Å². The van der Waals surface area contributed by atoms with Crippen LogP contribution in [0, 0.1) is 0 Å². The standard InChI is InChI=1S/C18H27N3O2/c19-13-17-6-1-2-7-21(17)18(22)16-5-3-4-15(12-16)14-20-8-10-23-11-9-20/h3-5,12,17H,1-2,6-11,13-14,19H2/t17-/m1/s1. The van der Waals surface area contributed by atoms with Gasteiger partial charge in [-0.2, -0.15) is 0 Å². The summed E-state index contributed by atoms with van der Waals surface area (Å²) in [6, 6.07) is 8.25. The lowest BCUT2D eigenvalue weighted by atomic mass is 10.0. The van der Waals surface area contributed by atoms with Gasteiger partial charge in [0.15, 0.2) is 0 Å². The van der Waals surface area contributed by atoms with Crippen LogP contribution in [-0.4, -0.2) is 61.1 Å². The number of morpholine rings is 1. The van der Waals surface area contributed by atoms with Gasteiger partial charge in [0, 0.05) is 44.3 Å². The molecule has 0 aromatic heterocycles. The molecular weight excluding hydrogens is 290 g/mol. The fourth-order valence-corrected chi connectivity index (χ4v) is 3.50. The van der Waals surface area contributed by atoms with Gasteiger partial charge < -0.3 is 15.4 Å². The lowest BCUT2D eigenvalue weighted by Gasteiger charge is -2.35. The smallest absolute Gasteiger partial charge is 0.254 e. The van der Waals surface area contributed by atoms with Crippen molar-refractivity contribution in [3.8, 4) is 0 Å². The third-order valence-electron chi connectivity index (χ3n) is 4.84. The predicted octanol–water partition coefficient (Wildman–Crippen LogP) is 1.47. The van der Waals surface area contributed by atoms with Gasteiger partial charge in [0.1, 0.15) is 0 Å². The molecule has 2 fully saturated rings. The highest BCUT2D eigenvalue weighted by Crippen LogP contribution is 2.20. The molecule has 0 unspecified atom stereocenters. The summed E-state index contributed by atoms with van der Waals surface area (Å²) in [5.74, 6) is 0.129. The molecule has 126 valence electrons. The quantitative estimate of drug-likeness (QED) is 0.914. The Morgan fingerprint density at radius 1 is 1.22 bits per heavy atom. The van der Waals surface area contributed by atoms with Crippen molar-refractivity contribution < 1.29 is 9.53 Å². The third kappa shape index (κ3) is 4.10. The van der Waals surface area contributed by atoms with Crippen LogP contribution in [0.4, 0.5) is 0 Å². The number of hydrogen-bond acceptors (Lipinski definition) is 4. The molecule has 1 aromatic rings. The average molecular weight is 317 g/mol. The van der Waals surface area contributed by atoms with Gasteiger partial charge in [-0.3, -0.25) is 9.69 Å². The number of hydrogen-bond donors (Lipinski definition) is 1. The normalized spacial score (nSPS) is 23.0. The Hall–Kier alpha value is -1.43. The zero-order chi connectivity index (χ0) is 16.1. The van der Waals surface area contributed by atoms with Gasteiger partial charge in [-0.25, -0.2) is 0 Å². The molecule has 2 N–H and O–H groups in total. The summed E-state index contributed by atoms with van der Waals surface area (Å²) in [6.45, 7) is 5.77. The topological polar surface area (TPSA) is 58.8 Å². The van der Waals surface area contributed by atoms with Crippen LogP contribution in [0.5, 0.6) is 0 Å². The molecule has 2 heterocycles. The lowest BCUT2D eigenvalue weighted by Crippen LogP contribution is -2.47. The first-order chi connectivity index (χ1) is 11.3. The fourth-order valence-electron chi connectivity index (χ4n) is 3.50. The zero-order valence-electron chi connectivity index (χ0n) is 13.7. The maximum atomic E-state index is 12.9. The molecule has 0 spiro atoms. The van der Waals surface area contributed by atoms with E-state index in [1.165, 1.54) is 12.0 Å². The second-order valence-corrected chi connectivity index (χ2v) is 6.47. The van der Waals surface area contributed by atoms with Crippen LogP contribution in [0.2, 0.25) is 0 Å². The first kappa shape index (κ1) is 16.4. The molecule has 0 saturated carbocycles. The molecule has 0 radical (unpaired) electrons. The number of carbonyl (C=O) groups excluding carboxylic acids is 1. The molecule has 3 rings (SSSR count). The van der Waals surface area contributed by atoms with E-state index >= 15 is 0 Å². The van der Waals surface area contributed by atoms with E-state index in [0.717, 1.165) is 57.8 Å². The molecule has 23 heavy (non-hydrogen) atoms. The Morgan fingerprint density at radius 2 is 2.04 bits per heavy atom. The van der Waals surface area contributed by atoms with E-state index in [0.29, 0.717) is 6.54 Å². The fraction of sp³-hybridized carbons (Fsp3) is 0.611. The Balaban J connectivity index is 1.69. The van der Waals surface area contributed by atoms with Crippen molar-refractivity contribution in [2.24, 2.45) is 5.73 Å². The molecule has 0 bridgehead atoms. The number of amides is 1. The summed E-state index contributed by atoms with van der Waals surface area (Å²) >= 11 is 0. The van der Waals surface area contributed by atoms with Crippen molar-refractivity contribution in [2.45, 2.75) is 31.8 Å². The summed E-state index contributed by atoms with van der Waals surface area (Å²) in [6.07, 6.45) is 3.27. The number of carbonyl (C=O) groups is 1. The van der Waals surface area contributed by atoms with Gasteiger partial charge in [0.2, 0.25) is 0 Å². The molecule has 1 aromatic carbocycles. The highest BCUT2D eigenvalue weighted by atomic mass is 16.5. The third-order valence-corrected chi connectivity index (χ3v) is 4.84. The van der Waals surface area contributed by atoms with E-state index in [4.69, 9.17) is 10.5 Å². The monoisotopic (exact) mass is 317 g/mol. The molecule has 5 heteroatoms. The van der Waals surface area contributed by atoms with Gasteiger partial charge in [-0.1, -0.05) is 12.1 Å². The second-order valence-electron chi connectivity index (χ2n) is 6.47. The summed E-state index contributed by atoms with van der Waals surface area (Å²) in [5.41, 5.74) is 7.83. The molecule has 2 saturated heterocycles. The van der Waals surface area contributed by atoms with Gasteiger partial charge >= 0.3 is 0 Å². The maximum absolute atomic E-state index is 12.9. The van der Waals surface area contributed by atoms with Crippen molar-refractivity contribution in [1.29, 1.82) is 0 Å². The zero-order valence-corrected chi connectivity index (χ0v) is 13.7. The minimum Gasteiger partial charge on any atom is -0.379 e. The molecule has 2 aliphatic rings. The molecule has 0 aliphatic carbocycles. The number of ether oxygens (including phenoxy) is 1. The minimum absolute atomic E-state index is 0.129. The Morgan fingerprint density at radius 3 is 2.83 bits per heavy atom. The SMILES string of the molecule is NC[C@H]1CCCCN1C(=O)c1cccc(CN2CCOCC2)c1.